The Labute approximate surface area is 146 Å². The number of amides is 2. The van der Waals surface area contributed by atoms with Gasteiger partial charge in [0.1, 0.15) is 5.82 Å². The van der Waals surface area contributed by atoms with Crippen molar-refractivity contribution in [2.24, 2.45) is 0 Å². The second-order valence-corrected chi connectivity index (χ2v) is 7.66. The Bertz CT molecular complexity index is 669. The minimum absolute atomic E-state index is 0.126. The smallest absolute Gasteiger partial charge is 0.314 e. The molecule has 2 amide bonds. The highest BCUT2D eigenvalue weighted by Crippen LogP contribution is 2.20. The molecular weight excluding hydrogens is 322 g/mol. The molecule has 130 valence electrons. The van der Waals surface area contributed by atoms with Crippen molar-refractivity contribution in [2.75, 3.05) is 13.1 Å². The molecule has 0 spiro atoms. The molecule has 0 aliphatic carbocycles. The van der Waals surface area contributed by atoms with Crippen LogP contribution in [0.2, 0.25) is 0 Å². The fourth-order valence-electron chi connectivity index (χ4n) is 2.89. The maximum Gasteiger partial charge on any atom is 0.314 e. The molecule has 1 atom stereocenters. The first kappa shape index (κ1) is 17.0. The average molecular weight is 347 g/mol. The molecule has 24 heavy (non-hydrogen) atoms. The third-order valence-corrected chi connectivity index (χ3v) is 5.40. The summed E-state index contributed by atoms with van der Waals surface area (Å²) in [6.45, 7) is 6.39. The number of thiazole rings is 1. The molecule has 0 bridgehead atoms. The lowest BCUT2D eigenvalue weighted by Crippen LogP contribution is -2.38. The van der Waals surface area contributed by atoms with Gasteiger partial charge < -0.3 is 15.2 Å². The summed E-state index contributed by atoms with van der Waals surface area (Å²) < 4.78 is 2.25. The Hall–Kier alpha value is -1.89. The van der Waals surface area contributed by atoms with Gasteiger partial charge in [-0.1, -0.05) is 6.92 Å². The second kappa shape index (κ2) is 7.79. The third kappa shape index (κ3) is 4.35. The fourth-order valence-corrected chi connectivity index (χ4v) is 3.72. The van der Waals surface area contributed by atoms with Crippen LogP contribution in [0.25, 0.3) is 0 Å². The number of urea groups is 1. The SMILES string of the molecule is Cc1cnc([C@@H](C)CNC(=O)NCCc2cn3c(n2)CCCC3)s1. The van der Waals surface area contributed by atoms with Gasteiger partial charge >= 0.3 is 6.03 Å². The first-order chi connectivity index (χ1) is 11.6. The van der Waals surface area contributed by atoms with E-state index in [1.165, 1.54) is 23.5 Å². The van der Waals surface area contributed by atoms with E-state index in [1.807, 2.05) is 13.1 Å². The van der Waals surface area contributed by atoms with Gasteiger partial charge in [-0.2, -0.15) is 0 Å². The van der Waals surface area contributed by atoms with Gasteiger partial charge in [0.05, 0.1) is 10.7 Å². The predicted octanol–water partition coefficient (Wildman–Crippen LogP) is 2.63. The second-order valence-electron chi connectivity index (χ2n) is 6.40. The normalized spacial score (nSPS) is 14.9. The van der Waals surface area contributed by atoms with Crippen molar-refractivity contribution >= 4 is 17.4 Å². The number of carbonyl (C=O) groups excluding carboxylic acids is 1. The summed E-state index contributed by atoms with van der Waals surface area (Å²) in [4.78, 5) is 22.1. The van der Waals surface area contributed by atoms with E-state index in [0.29, 0.717) is 13.1 Å². The van der Waals surface area contributed by atoms with Crippen LogP contribution in [0.3, 0.4) is 0 Å². The van der Waals surface area contributed by atoms with Crippen LogP contribution in [-0.2, 0) is 19.4 Å². The minimum Gasteiger partial charge on any atom is -0.338 e. The van der Waals surface area contributed by atoms with Crippen molar-refractivity contribution in [2.45, 2.75) is 52.0 Å². The molecule has 3 heterocycles. The number of carbonyl (C=O) groups is 1. The van der Waals surface area contributed by atoms with E-state index in [2.05, 4.69) is 38.3 Å². The van der Waals surface area contributed by atoms with E-state index >= 15 is 0 Å². The first-order valence-electron chi connectivity index (χ1n) is 8.61. The Kier molecular flexibility index (Phi) is 5.50. The minimum atomic E-state index is -0.126. The Balaban J connectivity index is 1.37. The maximum absolute atomic E-state index is 11.9. The predicted molar refractivity (Wildman–Crippen MR) is 95.5 cm³/mol. The highest BCUT2D eigenvalue weighted by Gasteiger charge is 2.13. The summed E-state index contributed by atoms with van der Waals surface area (Å²) in [7, 11) is 0. The van der Waals surface area contributed by atoms with Gasteiger partial charge in [-0.25, -0.2) is 14.8 Å². The molecule has 1 aliphatic heterocycles. The fraction of sp³-hybridized carbons (Fsp3) is 0.588. The lowest BCUT2D eigenvalue weighted by Gasteiger charge is -2.11. The van der Waals surface area contributed by atoms with E-state index in [4.69, 9.17) is 0 Å². The molecule has 0 saturated heterocycles. The number of aromatic nitrogens is 3. The molecule has 3 rings (SSSR count). The third-order valence-electron chi connectivity index (χ3n) is 4.25. The Morgan fingerprint density at radius 3 is 3.04 bits per heavy atom. The van der Waals surface area contributed by atoms with Gasteiger partial charge in [0.15, 0.2) is 0 Å². The maximum atomic E-state index is 11.9. The number of aryl methyl sites for hydroxylation is 3. The van der Waals surface area contributed by atoms with E-state index in [9.17, 15) is 4.79 Å². The molecule has 0 aromatic carbocycles. The lowest BCUT2D eigenvalue weighted by molar-refractivity contribution is 0.240. The molecular formula is C17H25N5OS. The number of hydrogen-bond acceptors (Lipinski definition) is 4. The van der Waals surface area contributed by atoms with Gasteiger partial charge in [0.25, 0.3) is 0 Å². The van der Waals surface area contributed by atoms with E-state index in [0.717, 1.165) is 30.1 Å². The van der Waals surface area contributed by atoms with Crippen LogP contribution in [0, 0.1) is 6.92 Å². The summed E-state index contributed by atoms with van der Waals surface area (Å²) in [6.07, 6.45) is 8.31. The number of imidazole rings is 1. The van der Waals surface area contributed by atoms with Gasteiger partial charge in [-0.05, 0) is 19.8 Å². The highest BCUT2D eigenvalue weighted by molar-refractivity contribution is 7.11. The summed E-state index contributed by atoms with van der Waals surface area (Å²) >= 11 is 1.68. The topological polar surface area (TPSA) is 71.8 Å². The number of hydrogen-bond donors (Lipinski definition) is 2. The summed E-state index contributed by atoms with van der Waals surface area (Å²) in [5.74, 6) is 1.42. The van der Waals surface area contributed by atoms with E-state index in [1.54, 1.807) is 11.3 Å². The van der Waals surface area contributed by atoms with Crippen LogP contribution < -0.4 is 10.6 Å². The van der Waals surface area contributed by atoms with Crippen LogP contribution in [0.5, 0.6) is 0 Å². The molecule has 0 unspecified atom stereocenters. The summed E-state index contributed by atoms with van der Waals surface area (Å²) in [5, 5.41) is 6.89. The zero-order chi connectivity index (χ0) is 16.9. The molecule has 0 saturated carbocycles. The van der Waals surface area contributed by atoms with Crippen molar-refractivity contribution in [3.8, 4) is 0 Å². The standard InChI is InChI=1S/C17H25N5OS/c1-12(16-19-10-13(2)24-16)9-20-17(23)18-7-6-14-11-22-8-4-3-5-15(22)21-14/h10-12H,3-9H2,1-2H3,(H2,18,20,23)/t12-/m0/s1. The molecule has 2 aromatic heterocycles. The van der Waals surface area contributed by atoms with Crippen LogP contribution in [0.15, 0.2) is 12.4 Å². The molecule has 2 aromatic rings. The molecule has 0 radical (unpaired) electrons. The molecule has 2 N–H and O–H groups in total. The van der Waals surface area contributed by atoms with Crippen molar-refractivity contribution in [3.05, 3.63) is 33.8 Å². The summed E-state index contributed by atoms with van der Waals surface area (Å²) in [5.41, 5.74) is 1.07. The first-order valence-corrected chi connectivity index (χ1v) is 9.42. The number of fused-ring (bicyclic) bond motifs is 1. The largest absolute Gasteiger partial charge is 0.338 e. The number of nitrogens with one attached hydrogen (secondary N) is 2. The van der Waals surface area contributed by atoms with Crippen LogP contribution in [0.1, 0.15) is 47.1 Å². The van der Waals surface area contributed by atoms with Crippen LogP contribution >= 0.6 is 11.3 Å². The van der Waals surface area contributed by atoms with Crippen molar-refractivity contribution in [1.82, 2.24) is 25.2 Å². The summed E-state index contributed by atoms with van der Waals surface area (Å²) in [6, 6.07) is -0.126. The quantitative estimate of drug-likeness (QED) is 0.844. The molecule has 6 nitrogen and oxygen atoms in total. The lowest BCUT2D eigenvalue weighted by atomic mass is 10.2. The van der Waals surface area contributed by atoms with Crippen molar-refractivity contribution < 1.29 is 4.79 Å². The Morgan fingerprint density at radius 2 is 2.29 bits per heavy atom. The van der Waals surface area contributed by atoms with Gasteiger partial charge in [0.2, 0.25) is 0 Å². The monoisotopic (exact) mass is 347 g/mol. The molecule has 1 aliphatic rings. The van der Waals surface area contributed by atoms with Gasteiger partial charge in [-0.3, -0.25) is 0 Å². The van der Waals surface area contributed by atoms with Crippen LogP contribution in [-0.4, -0.2) is 33.7 Å². The molecule has 7 heteroatoms. The van der Waals surface area contributed by atoms with Crippen molar-refractivity contribution in [1.29, 1.82) is 0 Å². The zero-order valence-corrected chi connectivity index (χ0v) is 15.2. The molecule has 0 fully saturated rings. The van der Waals surface area contributed by atoms with E-state index in [-0.39, 0.29) is 11.9 Å². The Morgan fingerprint density at radius 1 is 1.42 bits per heavy atom. The number of rotatable bonds is 6. The van der Waals surface area contributed by atoms with Gasteiger partial charge in [0, 0.05) is 55.7 Å². The number of nitrogens with zero attached hydrogens (tertiary/aromatic N) is 3. The van der Waals surface area contributed by atoms with Gasteiger partial charge in [-0.15, -0.1) is 11.3 Å². The average Bonchev–Trinajstić information content (AvgIpc) is 3.18. The highest BCUT2D eigenvalue weighted by atomic mass is 32.1. The zero-order valence-electron chi connectivity index (χ0n) is 14.3. The van der Waals surface area contributed by atoms with Crippen LogP contribution in [0.4, 0.5) is 4.79 Å². The van der Waals surface area contributed by atoms with E-state index < -0.39 is 0 Å². The van der Waals surface area contributed by atoms with Crippen molar-refractivity contribution in [3.63, 3.8) is 0 Å².